The van der Waals surface area contributed by atoms with Gasteiger partial charge in [-0.25, -0.2) is 0 Å². The first-order valence-electron chi connectivity index (χ1n) is 8.85. The number of carbonyl (C=O) groups excluding carboxylic acids is 2. The van der Waals surface area contributed by atoms with E-state index in [0.29, 0.717) is 24.1 Å². The predicted octanol–water partition coefficient (Wildman–Crippen LogP) is 3.03. The average molecular weight is 336 g/mol. The summed E-state index contributed by atoms with van der Waals surface area (Å²) in [5, 5.41) is 2.88. The number of hydrogen-bond donors (Lipinski definition) is 2. The quantitative estimate of drug-likeness (QED) is 0.885. The largest absolute Gasteiger partial charge is 0.325 e. The summed E-state index contributed by atoms with van der Waals surface area (Å²) in [5.41, 5.74) is 3.89. The van der Waals surface area contributed by atoms with Crippen molar-refractivity contribution in [3.05, 3.63) is 62.6 Å². The van der Waals surface area contributed by atoms with Crippen LogP contribution >= 0.6 is 0 Å². The number of carbonyl (C=O) groups is 2. The third-order valence-electron chi connectivity index (χ3n) is 5.14. The highest BCUT2D eigenvalue weighted by Crippen LogP contribution is 2.28. The van der Waals surface area contributed by atoms with Crippen molar-refractivity contribution in [2.24, 2.45) is 0 Å². The number of aromatic amines is 1. The summed E-state index contributed by atoms with van der Waals surface area (Å²) in [6, 6.07) is 7.36. The maximum atomic E-state index is 12.7. The van der Waals surface area contributed by atoms with Crippen LogP contribution < -0.4 is 10.9 Å². The van der Waals surface area contributed by atoms with Crippen LogP contribution in [0, 0.1) is 0 Å². The number of Topliss-reactive ketones (excluding diaryl/α,β-unsaturated/α-hetero) is 1. The Morgan fingerprint density at radius 2 is 1.84 bits per heavy atom. The topological polar surface area (TPSA) is 79.0 Å². The van der Waals surface area contributed by atoms with E-state index < -0.39 is 11.5 Å². The van der Waals surface area contributed by atoms with Crippen LogP contribution in [0.15, 0.2) is 29.1 Å². The first kappa shape index (κ1) is 15.8. The van der Waals surface area contributed by atoms with Gasteiger partial charge in [0.15, 0.2) is 5.78 Å². The van der Waals surface area contributed by atoms with Crippen molar-refractivity contribution in [1.29, 1.82) is 0 Å². The SMILES string of the molecule is O=C1CCCc2[nH]c(=O)c(C(=O)Nc3cccc4c3CCCC4)cc21. The third kappa shape index (κ3) is 2.90. The van der Waals surface area contributed by atoms with Crippen LogP contribution in [0.4, 0.5) is 5.69 Å². The summed E-state index contributed by atoms with van der Waals surface area (Å²) >= 11 is 0. The molecular formula is C20H20N2O3. The van der Waals surface area contributed by atoms with Crippen molar-refractivity contribution in [2.75, 3.05) is 5.32 Å². The Bertz CT molecular complexity index is 927. The minimum Gasteiger partial charge on any atom is -0.325 e. The van der Waals surface area contributed by atoms with Crippen LogP contribution in [0.25, 0.3) is 0 Å². The number of hydrogen-bond acceptors (Lipinski definition) is 3. The normalized spacial score (nSPS) is 16.1. The number of aryl methyl sites for hydroxylation is 2. The molecule has 5 heteroatoms. The fourth-order valence-electron chi connectivity index (χ4n) is 3.83. The lowest BCUT2D eigenvalue weighted by atomic mass is 9.90. The number of amides is 1. The van der Waals surface area contributed by atoms with Crippen molar-refractivity contribution < 1.29 is 9.59 Å². The van der Waals surface area contributed by atoms with E-state index in [9.17, 15) is 14.4 Å². The van der Waals surface area contributed by atoms with Gasteiger partial charge in [-0.15, -0.1) is 0 Å². The molecule has 2 aliphatic carbocycles. The van der Waals surface area contributed by atoms with Crippen LogP contribution in [-0.2, 0) is 19.3 Å². The van der Waals surface area contributed by atoms with Gasteiger partial charge in [-0.2, -0.15) is 0 Å². The molecule has 2 N–H and O–H groups in total. The summed E-state index contributed by atoms with van der Waals surface area (Å²) in [5.74, 6) is -0.468. The molecule has 0 spiro atoms. The van der Waals surface area contributed by atoms with E-state index in [1.807, 2.05) is 12.1 Å². The lowest BCUT2D eigenvalue weighted by Gasteiger charge is -2.20. The van der Waals surface area contributed by atoms with Gasteiger partial charge in [0.05, 0.1) is 0 Å². The maximum Gasteiger partial charge on any atom is 0.261 e. The molecule has 25 heavy (non-hydrogen) atoms. The van der Waals surface area contributed by atoms with Crippen molar-refractivity contribution in [3.63, 3.8) is 0 Å². The molecule has 2 aromatic rings. The van der Waals surface area contributed by atoms with Gasteiger partial charge in [0.25, 0.3) is 11.5 Å². The molecule has 0 bridgehead atoms. The number of anilines is 1. The van der Waals surface area contributed by atoms with E-state index in [-0.39, 0.29) is 11.3 Å². The number of H-pyrrole nitrogens is 1. The molecule has 0 fully saturated rings. The molecule has 0 saturated heterocycles. The van der Waals surface area contributed by atoms with E-state index in [2.05, 4.69) is 16.4 Å². The highest BCUT2D eigenvalue weighted by molar-refractivity contribution is 6.07. The van der Waals surface area contributed by atoms with Crippen molar-refractivity contribution in [3.8, 4) is 0 Å². The lowest BCUT2D eigenvalue weighted by Crippen LogP contribution is -2.28. The van der Waals surface area contributed by atoms with Crippen LogP contribution in [-0.4, -0.2) is 16.7 Å². The molecule has 1 aromatic heterocycles. The van der Waals surface area contributed by atoms with Crippen molar-refractivity contribution >= 4 is 17.4 Å². The minimum absolute atomic E-state index is 0.00223. The summed E-state index contributed by atoms with van der Waals surface area (Å²) in [6.07, 6.45) is 6.10. The third-order valence-corrected chi connectivity index (χ3v) is 5.14. The number of pyridine rings is 1. The molecule has 1 amide bonds. The molecule has 0 saturated carbocycles. The average Bonchev–Trinajstić information content (AvgIpc) is 2.62. The molecule has 128 valence electrons. The Kier molecular flexibility index (Phi) is 3.99. The van der Waals surface area contributed by atoms with Crippen LogP contribution in [0.3, 0.4) is 0 Å². The maximum absolute atomic E-state index is 12.7. The van der Waals surface area contributed by atoms with Gasteiger partial charge in [-0.3, -0.25) is 14.4 Å². The Morgan fingerprint density at radius 1 is 1.00 bits per heavy atom. The lowest BCUT2D eigenvalue weighted by molar-refractivity contribution is 0.0971. The van der Waals surface area contributed by atoms with Crippen molar-refractivity contribution in [1.82, 2.24) is 4.98 Å². The Hall–Kier alpha value is -2.69. The first-order chi connectivity index (χ1) is 12.1. The second-order valence-corrected chi connectivity index (χ2v) is 6.79. The summed E-state index contributed by atoms with van der Waals surface area (Å²) in [6.45, 7) is 0. The number of nitrogens with one attached hydrogen (secondary N) is 2. The summed E-state index contributed by atoms with van der Waals surface area (Å²) in [7, 11) is 0. The second-order valence-electron chi connectivity index (χ2n) is 6.79. The van der Waals surface area contributed by atoms with Gasteiger partial charge in [0.2, 0.25) is 0 Å². The van der Waals surface area contributed by atoms with Gasteiger partial charge < -0.3 is 10.3 Å². The summed E-state index contributed by atoms with van der Waals surface area (Å²) < 4.78 is 0. The molecule has 0 unspecified atom stereocenters. The smallest absolute Gasteiger partial charge is 0.261 e. The van der Waals surface area contributed by atoms with E-state index in [0.717, 1.165) is 43.4 Å². The molecule has 5 nitrogen and oxygen atoms in total. The van der Waals surface area contributed by atoms with Crippen LogP contribution in [0.2, 0.25) is 0 Å². The Balaban J connectivity index is 1.67. The van der Waals surface area contributed by atoms with E-state index in [4.69, 9.17) is 0 Å². The number of fused-ring (bicyclic) bond motifs is 2. The minimum atomic E-state index is -0.457. The number of ketones is 1. The Labute approximate surface area is 145 Å². The molecule has 0 radical (unpaired) electrons. The molecule has 1 heterocycles. The monoisotopic (exact) mass is 336 g/mol. The highest BCUT2D eigenvalue weighted by Gasteiger charge is 2.23. The number of aromatic nitrogens is 1. The molecule has 2 aliphatic rings. The van der Waals surface area contributed by atoms with Gasteiger partial charge in [-0.05, 0) is 61.8 Å². The van der Waals surface area contributed by atoms with Gasteiger partial charge in [0.1, 0.15) is 5.56 Å². The number of benzene rings is 1. The van der Waals surface area contributed by atoms with E-state index in [1.54, 1.807) is 0 Å². The van der Waals surface area contributed by atoms with Gasteiger partial charge >= 0.3 is 0 Å². The first-order valence-corrected chi connectivity index (χ1v) is 8.85. The van der Waals surface area contributed by atoms with E-state index >= 15 is 0 Å². The zero-order valence-corrected chi connectivity index (χ0v) is 14.0. The van der Waals surface area contributed by atoms with Gasteiger partial charge in [-0.1, -0.05) is 12.1 Å². The standard InChI is InChI=1S/C20H20N2O3/c23-18-10-4-9-17-14(18)11-15(20(25)22-17)19(24)21-16-8-3-6-12-5-1-2-7-13(12)16/h3,6,8,11H,1-2,4-5,7,9-10H2,(H,21,24)(H,22,25). The summed E-state index contributed by atoms with van der Waals surface area (Å²) in [4.78, 5) is 39.7. The second kappa shape index (κ2) is 6.31. The molecule has 4 rings (SSSR count). The molecular weight excluding hydrogens is 316 g/mol. The molecule has 0 aliphatic heterocycles. The predicted molar refractivity (Wildman–Crippen MR) is 95.4 cm³/mol. The fourth-order valence-corrected chi connectivity index (χ4v) is 3.83. The Morgan fingerprint density at radius 3 is 2.72 bits per heavy atom. The van der Waals surface area contributed by atoms with E-state index in [1.165, 1.54) is 11.6 Å². The van der Waals surface area contributed by atoms with Gasteiger partial charge in [0, 0.05) is 23.4 Å². The van der Waals surface area contributed by atoms with Crippen LogP contribution in [0.1, 0.15) is 63.2 Å². The zero-order chi connectivity index (χ0) is 17.4. The van der Waals surface area contributed by atoms with Crippen molar-refractivity contribution in [2.45, 2.75) is 44.9 Å². The molecule has 0 atom stereocenters. The number of rotatable bonds is 2. The van der Waals surface area contributed by atoms with Crippen LogP contribution in [0.5, 0.6) is 0 Å². The molecule has 1 aromatic carbocycles. The zero-order valence-electron chi connectivity index (χ0n) is 14.0. The fraction of sp³-hybridized carbons (Fsp3) is 0.350. The highest BCUT2D eigenvalue weighted by atomic mass is 16.2.